The van der Waals surface area contributed by atoms with Crippen LogP contribution in [-0.2, 0) is 29.3 Å². The fourth-order valence-electron chi connectivity index (χ4n) is 2.89. The van der Waals surface area contributed by atoms with E-state index < -0.39 is 51.6 Å². The van der Waals surface area contributed by atoms with Gasteiger partial charge in [-0.25, -0.2) is 9.59 Å². The summed E-state index contributed by atoms with van der Waals surface area (Å²) in [6.45, 7) is 2.16. The first-order valence-electron chi connectivity index (χ1n) is 10.4. The van der Waals surface area contributed by atoms with Crippen molar-refractivity contribution < 1.29 is 52.6 Å². The summed E-state index contributed by atoms with van der Waals surface area (Å²) >= 11 is 0. The summed E-state index contributed by atoms with van der Waals surface area (Å²) in [4.78, 5) is 41.2. The van der Waals surface area contributed by atoms with Crippen LogP contribution in [0, 0.1) is 0 Å². The third-order valence-electron chi connectivity index (χ3n) is 4.62. The number of aliphatic carboxylic acids is 4. The van der Waals surface area contributed by atoms with Crippen molar-refractivity contribution in [1.82, 2.24) is 0 Å². The lowest BCUT2D eigenvalue weighted by Gasteiger charge is -2.24. The van der Waals surface area contributed by atoms with E-state index >= 15 is 0 Å². The first kappa shape index (κ1) is 31.7. The number of unbranched alkanes of at least 4 members (excludes halogenated alkanes) is 9. The monoisotopic (exact) mass is 482 g/mol. The van der Waals surface area contributed by atoms with Gasteiger partial charge in [0.15, 0.2) is 0 Å². The van der Waals surface area contributed by atoms with Crippen molar-refractivity contribution in [2.45, 2.75) is 88.7 Å². The van der Waals surface area contributed by atoms with Gasteiger partial charge in [0, 0.05) is 12.2 Å². The standard InChI is InChI=1S/C16H30O7S.C4H4O4/c1-2-3-4-5-6-7-8-9-10-11-12-16(15(19)20,13-14(17)18)24(21,22)23;5-3(6)1-2-4(7)8/h2-13H2,1H3,(H,17,18)(H,19,20)(H,21,22,23);1-2H,(H,5,6)(H,7,8). The number of carbonyl (C=O) groups is 4. The Morgan fingerprint density at radius 3 is 1.38 bits per heavy atom. The van der Waals surface area contributed by atoms with Crippen molar-refractivity contribution in [3.63, 3.8) is 0 Å². The van der Waals surface area contributed by atoms with Gasteiger partial charge in [0.05, 0.1) is 6.42 Å². The van der Waals surface area contributed by atoms with Crippen LogP contribution in [0.15, 0.2) is 12.2 Å². The molecule has 0 radical (unpaired) electrons. The van der Waals surface area contributed by atoms with Crippen LogP contribution in [0.2, 0.25) is 0 Å². The highest BCUT2D eigenvalue weighted by Crippen LogP contribution is 2.29. The summed E-state index contributed by atoms with van der Waals surface area (Å²) in [5.74, 6) is -5.90. The van der Waals surface area contributed by atoms with Crippen molar-refractivity contribution in [3.8, 4) is 0 Å². The highest BCUT2D eigenvalue weighted by atomic mass is 32.2. The summed E-state index contributed by atoms with van der Waals surface area (Å²) in [5.41, 5.74) is 0. The zero-order valence-corrected chi connectivity index (χ0v) is 19.1. The van der Waals surface area contributed by atoms with Gasteiger partial charge in [-0.3, -0.25) is 14.1 Å². The van der Waals surface area contributed by atoms with E-state index in [0.717, 1.165) is 25.7 Å². The van der Waals surface area contributed by atoms with Crippen molar-refractivity contribution in [1.29, 1.82) is 0 Å². The summed E-state index contributed by atoms with van der Waals surface area (Å²) in [6, 6.07) is 0. The van der Waals surface area contributed by atoms with E-state index in [2.05, 4.69) is 6.92 Å². The summed E-state index contributed by atoms with van der Waals surface area (Å²) in [6.07, 6.45) is 9.38. The Morgan fingerprint density at radius 1 is 0.719 bits per heavy atom. The van der Waals surface area contributed by atoms with E-state index in [-0.39, 0.29) is 6.42 Å². The Labute approximate surface area is 187 Å². The predicted molar refractivity (Wildman–Crippen MR) is 115 cm³/mol. The average molecular weight is 483 g/mol. The lowest BCUT2D eigenvalue weighted by atomic mass is 9.96. The van der Waals surface area contributed by atoms with Gasteiger partial charge in [-0.05, 0) is 6.42 Å². The molecule has 1 unspecified atom stereocenters. The van der Waals surface area contributed by atoms with Crippen LogP contribution in [0.3, 0.4) is 0 Å². The molecule has 0 aromatic rings. The van der Waals surface area contributed by atoms with E-state index in [9.17, 15) is 32.1 Å². The summed E-state index contributed by atoms with van der Waals surface area (Å²) in [7, 11) is -5.01. The van der Waals surface area contributed by atoms with E-state index in [1.807, 2.05) is 0 Å². The van der Waals surface area contributed by atoms with Crippen molar-refractivity contribution in [2.75, 3.05) is 0 Å². The highest BCUT2D eigenvalue weighted by molar-refractivity contribution is 7.88. The van der Waals surface area contributed by atoms with Gasteiger partial charge >= 0.3 is 23.9 Å². The number of rotatable bonds is 17. The highest BCUT2D eigenvalue weighted by Gasteiger charge is 2.51. The molecule has 0 saturated carbocycles. The SMILES string of the molecule is CCCCCCCCCCCCC(CC(=O)O)(C(=O)O)S(=O)(=O)O.O=C(O)C=CC(=O)O. The van der Waals surface area contributed by atoms with Crippen LogP contribution in [0.25, 0.3) is 0 Å². The maximum absolute atomic E-state index is 11.4. The zero-order valence-electron chi connectivity index (χ0n) is 18.2. The predicted octanol–water partition coefficient (Wildman–Crippen LogP) is 3.20. The molecule has 0 amide bonds. The molecule has 0 rings (SSSR count). The van der Waals surface area contributed by atoms with Gasteiger partial charge in [-0.1, -0.05) is 71.1 Å². The maximum Gasteiger partial charge on any atom is 0.328 e. The minimum Gasteiger partial charge on any atom is -0.481 e. The third kappa shape index (κ3) is 15.3. The van der Waals surface area contributed by atoms with Crippen LogP contribution in [0.5, 0.6) is 0 Å². The van der Waals surface area contributed by atoms with Crippen LogP contribution in [-0.4, -0.2) is 62.0 Å². The van der Waals surface area contributed by atoms with Crippen LogP contribution < -0.4 is 0 Å². The molecule has 0 spiro atoms. The van der Waals surface area contributed by atoms with E-state index in [4.69, 9.17) is 20.4 Å². The number of carboxylic acid groups (broad SMARTS) is 4. The lowest BCUT2D eigenvalue weighted by Crippen LogP contribution is -2.48. The normalized spacial score (nSPS) is 13.1. The zero-order chi connectivity index (χ0) is 25.2. The van der Waals surface area contributed by atoms with Gasteiger partial charge < -0.3 is 20.4 Å². The largest absolute Gasteiger partial charge is 0.481 e. The average Bonchev–Trinajstić information content (AvgIpc) is 2.66. The Morgan fingerprint density at radius 2 is 1.09 bits per heavy atom. The molecule has 0 heterocycles. The molecule has 0 aromatic carbocycles. The minimum atomic E-state index is -5.01. The first-order valence-corrected chi connectivity index (χ1v) is 11.8. The number of carboxylic acids is 4. The molecule has 32 heavy (non-hydrogen) atoms. The molecular weight excluding hydrogens is 448 g/mol. The van der Waals surface area contributed by atoms with Crippen molar-refractivity contribution in [2.24, 2.45) is 0 Å². The van der Waals surface area contributed by atoms with Gasteiger partial charge in [0.2, 0.25) is 4.75 Å². The molecule has 5 N–H and O–H groups in total. The van der Waals surface area contributed by atoms with Crippen LogP contribution >= 0.6 is 0 Å². The van der Waals surface area contributed by atoms with Gasteiger partial charge in [0.25, 0.3) is 10.1 Å². The van der Waals surface area contributed by atoms with E-state index in [1.165, 1.54) is 25.7 Å². The molecule has 0 aliphatic rings. The number of hydrogen-bond acceptors (Lipinski definition) is 6. The van der Waals surface area contributed by atoms with Crippen molar-refractivity contribution in [3.05, 3.63) is 12.2 Å². The smallest absolute Gasteiger partial charge is 0.328 e. The molecule has 0 saturated heterocycles. The Bertz CT molecular complexity index is 712. The second-order valence-electron chi connectivity index (χ2n) is 7.29. The van der Waals surface area contributed by atoms with Gasteiger partial charge in [0.1, 0.15) is 0 Å². The first-order chi connectivity index (χ1) is 14.8. The van der Waals surface area contributed by atoms with Crippen molar-refractivity contribution >= 4 is 34.0 Å². The molecule has 1 atom stereocenters. The van der Waals surface area contributed by atoms with E-state index in [0.29, 0.717) is 18.6 Å². The minimum absolute atomic E-state index is 0.245. The molecule has 0 bridgehead atoms. The molecular formula is C20H34O11S. The second-order valence-corrected chi connectivity index (χ2v) is 9.02. The Hall–Kier alpha value is -2.47. The van der Waals surface area contributed by atoms with Gasteiger partial charge in [-0.2, -0.15) is 8.42 Å². The number of hydrogen-bond donors (Lipinski definition) is 5. The lowest BCUT2D eigenvalue weighted by molar-refractivity contribution is -0.147. The fraction of sp³-hybridized carbons (Fsp3) is 0.700. The molecule has 12 heteroatoms. The molecule has 0 fully saturated rings. The molecule has 186 valence electrons. The summed E-state index contributed by atoms with van der Waals surface area (Å²) < 4.78 is 29.4. The summed E-state index contributed by atoms with van der Waals surface area (Å²) in [5, 5.41) is 33.6. The molecule has 0 aliphatic carbocycles. The molecule has 11 nitrogen and oxygen atoms in total. The maximum atomic E-state index is 11.4. The van der Waals surface area contributed by atoms with Crippen LogP contribution in [0.1, 0.15) is 84.0 Å². The topological polar surface area (TPSA) is 204 Å². The Kier molecular flexibility index (Phi) is 17.0. The third-order valence-corrected chi connectivity index (χ3v) is 6.13. The quantitative estimate of drug-likeness (QED) is 0.116. The molecule has 0 aromatic heterocycles. The fourth-order valence-corrected chi connectivity index (χ4v) is 3.82. The second kappa shape index (κ2) is 17.1. The Balaban J connectivity index is 0. The van der Waals surface area contributed by atoms with Gasteiger partial charge in [-0.15, -0.1) is 0 Å². The molecule has 0 aliphatic heterocycles. The van der Waals surface area contributed by atoms with Crippen LogP contribution in [0.4, 0.5) is 0 Å². The van der Waals surface area contributed by atoms with E-state index in [1.54, 1.807) is 0 Å².